The third-order valence-corrected chi connectivity index (χ3v) is 6.85. The second-order valence-corrected chi connectivity index (χ2v) is 8.96. The van der Waals surface area contributed by atoms with E-state index in [1.165, 1.54) is 29.1 Å². The number of nitrogens with zero attached hydrogens (tertiary/aromatic N) is 1. The molecule has 0 bridgehead atoms. The highest BCUT2D eigenvalue weighted by atomic mass is 32.1. The molecule has 146 valence electrons. The van der Waals surface area contributed by atoms with Gasteiger partial charge in [-0.15, -0.1) is 22.7 Å². The quantitative estimate of drug-likeness (QED) is 0.706. The van der Waals surface area contributed by atoms with E-state index in [1.807, 2.05) is 11.4 Å². The molecule has 0 aliphatic carbocycles. The van der Waals surface area contributed by atoms with Gasteiger partial charge in [-0.2, -0.15) is 0 Å². The fourth-order valence-electron chi connectivity index (χ4n) is 3.31. The van der Waals surface area contributed by atoms with Crippen LogP contribution in [-0.4, -0.2) is 42.9 Å². The minimum absolute atomic E-state index is 0.0200. The molecule has 1 saturated heterocycles. The maximum Gasteiger partial charge on any atom is 0.261 e. The van der Waals surface area contributed by atoms with Gasteiger partial charge < -0.3 is 10.6 Å². The molecule has 27 heavy (non-hydrogen) atoms. The van der Waals surface area contributed by atoms with Crippen molar-refractivity contribution in [1.29, 1.82) is 0 Å². The fourth-order valence-corrected chi connectivity index (χ4v) is 4.82. The van der Waals surface area contributed by atoms with Crippen LogP contribution >= 0.6 is 22.7 Å². The van der Waals surface area contributed by atoms with Crippen LogP contribution < -0.4 is 10.6 Å². The van der Waals surface area contributed by atoms with E-state index in [0.29, 0.717) is 24.4 Å². The highest BCUT2D eigenvalue weighted by Gasteiger charge is 2.25. The predicted molar refractivity (Wildman–Crippen MR) is 111 cm³/mol. The summed E-state index contributed by atoms with van der Waals surface area (Å²) in [6.07, 6.45) is 2.72. The van der Waals surface area contributed by atoms with Crippen LogP contribution in [0.15, 0.2) is 35.0 Å². The molecule has 7 heteroatoms. The smallest absolute Gasteiger partial charge is 0.261 e. The van der Waals surface area contributed by atoms with E-state index < -0.39 is 0 Å². The van der Waals surface area contributed by atoms with Gasteiger partial charge in [0.05, 0.1) is 10.9 Å². The molecule has 2 aromatic rings. The van der Waals surface area contributed by atoms with E-state index in [0.717, 1.165) is 19.0 Å². The van der Waals surface area contributed by atoms with E-state index in [1.54, 1.807) is 17.4 Å². The van der Waals surface area contributed by atoms with Crippen molar-refractivity contribution in [1.82, 2.24) is 15.5 Å². The zero-order chi connectivity index (χ0) is 19.1. The number of carbonyl (C=O) groups excluding carboxylic acids is 2. The summed E-state index contributed by atoms with van der Waals surface area (Å²) in [4.78, 5) is 28.6. The molecule has 1 aliphatic heterocycles. The van der Waals surface area contributed by atoms with Gasteiger partial charge in [0.2, 0.25) is 5.91 Å². The summed E-state index contributed by atoms with van der Waals surface area (Å²) in [6.45, 7) is 5.44. The summed E-state index contributed by atoms with van der Waals surface area (Å²) >= 11 is 3.15. The third-order valence-electron chi connectivity index (χ3n) is 5.01. The summed E-state index contributed by atoms with van der Waals surface area (Å²) in [5.41, 5.74) is 0. The van der Waals surface area contributed by atoms with Crippen molar-refractivity contribution in [3.8, 4) is 0 Å². The molecule has 3 rings (SSSR count). The number of thiophene rings is 2. The van der Waals surface area contributed by atoms with E-state index in [4.69, 9.17) is 0 Å². The molecule has 1 fully saturated rings. The van der Waals surface area contributed by atoms with E-state index in [9.17, 15) is 9.59 Å². The Kier molecular flexibility index (Phi) is 7.43. The predicted octanol–water partition coefficient (Wildman–Crippen LogP) is 3.52. The fraction of sp³-hybridized carbons (Fsp3) is 0.500. The van der Waals surface area contributed by atoms with Crippen molar-refractivity contribution in [2.75, 3.05) is 26.2 Å². The van der Waals surface area contributed by atoms with Crippen molar-refractivity contribution in [3.05, 3.63) is 44.8 Å². The van der Waals surface area contributed by atoms with Crippen LogP contribution in [0.2, 0.25) is 0 Å². The van der Waals surface area contributed by atoms with Gasteiger partial charge in [0.15, 0.2) is 0 Å². The molecule has 3 heterocycles. The standard InChI is InChI=1S/C20H27N3O2S2/c1-15-7-10-23(11-8-15)16(17-4-2-12-26-17)14-22-19(24)6-9-21-20(25)18-5-3-13-27-18/h2-5,12-13,15-16H,6-11,14H2,1H3,(H,21,25)(H,22,24). The van der Waals surface area contributed by atoms with Crippen molar-refractivity contribution in [2.24, 2.45) is 5.92 Å². The maximum atomic E-state index is 12.2. The highest BCUT2D eigenvalue weighted by Crippen LogP contribution is 2.29. The lowest BCUT2D eigenvalue weighted by Gasteiger charge is -2.36. The van der Waals surface area contributed by atoms with E-state index in [-0.39, 0.29) is 17.9 Å². The second kappa shape index (κ2) is 10.0. The number of carbonyl (C=O) groups is 2. The molecule has 1 unspecified atom stereocenters. The normalized spacial score (nSPS) is 16.8. The third kappa shape index (κ3) is 5.89. The Morgan fingerprint density at radius 2 is 1.89 bits per heavy atom. The summed E-state index contributed by atoms with van der Waals surface area (Å²) < 4.78 is 0. The summed E-state index contributed by atoms with van der Waals surface area (Å²) in [5.74, 6) is 0.650. The van der Waals surface area contributed by atoms with Crippen molar-refractivity contribution in [2.45, 2.75) is 32.2 Å². The number of piperidine rings is 1. The maximum absolute atomic E-state index is 12.2. The largest absolute Gasteiger partial charge is 0.354 e. The number of rotatable bonds is 8. The zero-order valence-corrected chi connectivity index (χ0v) is 17.3. The molecule has 1 aliphatic rings. The first-order valence-electron chi connectivity index (χ1n) is 9.49. The molecule has 5 nitrogen and oxygen atoms in total. The van der Waals surface area contributed by atoms with Gasteiger partial charge >= 0.3 is 0 Å². The van der Waals surface area contributed by atoms with Gasteiger partial charge in [-0.25, -0.2) is 0 Å². The van der Waals surface area contributed by atoms with Crippen LogP contribution in [0.25, 0.3) is 0 Å². The van der Waals surface area contributed by atoms with Crippen LogP contribution in [0.3, 0.4) is 0 Å². The summed E-state index contributed by atoms with van der Waals surface area (Å²) in [7, 11) is 0. The molecule has 1 atom stereocenters. The Labute approximate surface area is 168 Å². The molecule has 2 aromatic heterocycles. The van der Waals surface area contributed by atoms with Gasteiger partial charge in [0.25, 0.3) is 5.91 Å². The summed E-state index contributed by atoms with van der Waals surface area (Å²) in [5, 5.41) is 9.83. The summed E-state index contributed by atoms with van der Waals surface area (Å²) in [6, 6.07) is 8.09. The molecule has 2 amide bonds. The lowest BCUT2D eigenvalue weighted by molar-refractivity contribution is -0.121. The number of hydrogen-bond acceptors (Lipinski definition) is 5. The Bertz CT molecular complexity index is 708. The van der Waals surface area contributed by atoms with Crippen LogP contribution in [0, 0.1) is 5.92 Å². The SMILES string of the molecule is CC1CCN(C(CNC(=O)CCNC(=O)c2cccs2)c2cccs2)CC1. The zero-order valence-electron chi connectivity index (χ0n) is 15.6. The highest BCUT2D eigenvalue weighted by molar-refractivity contribution is 7.12. The molecule has 0 saturated carbocycles. The lowest BCUT2D eigenvalue weighted by Crippen LogP contribution is -2.42. The van der Waals surface area contributed by atoms with Crippen LogP contribution in [0.5, 0.6) is 0 Å². The average molecular weight is 406 g/mol. The first-order chi connectivity index (χ1) is 13.1. The van der Waals surface area contributed by atoms with Crippen LogP contribution in [0.1, 0.15) is 46.8 Å². The van der Waals surface area contributed by atoms with Crippen molar-refractivity contribution in [3.63, 3.8) is 0 Å². The molecule has 0 radical (unpaired) electrons. The van der Waals surface area contributed by atoms with Crippen LogP contribution in [0.4, 0.5) is 0 Å². The molecular weight excluding hydrogens is 378 g/mol. The number of amides is 2. The van der Waals surface area contributed by atoms with Gasteiger partial charge in [0, 0.05) is 24.4 Å². The van der Waals surface area contributed by atoms with Gasteiger partial charge in [-0.3, -0.25) is 14.5 Å². The first-order valence-corrected chi connectivity index (χ1v) is 11.2. The van der Waals surface area contributed by atoms with Gasteiger partial charge in [0.1, 0.15) is 0 Å². The monoisotopic (exact) mass is 405 g/mol. The van der Waals surface area contributed by atoms with Crippen LogP contribution in [-0.2, 0) is 4.79 Å². The number of nitrogens with one attached hydrogen (secondary N) is 2. The minimum Gasteiger partial charge on any atom is -0.354 e. The lowest BCUT2D eigenvalue weighted by atomic mass is 9.97. The van der Waals surface area contributed by atoms with Crippen molar-refractivity contribution >= 4 is 34.5 Å². The van der Waals surface area contributed by atoms with E-state index >= 15 is 0 Å². The second-order valence-electron chi connectivity index (χ2n) is 7.04. The number of likely N-dealkylation sites (tertiary alicyclic amines) is 1. The Hall–Kier alpha value is -1.70. The Balaban J connectivity index is 1.45. The Morgan fingerprint density at radius 3 is 2.56 bits per heavy atom. The molecular formula is C20H27N3O2S2. The Morgan fingerprint density at radius 1 is 1.15 bits per heavy atom. The topological polar surface area (TPSA) is 61.4 Å². The minimum atomic E-state index is -0.114. The van der Waals surface area contributed by atoms with E-state index in [2.05, 4.69) is 40.0 Å². The first kappa shape index (κ1) is 20.0. The average Bonchev–Trinajstić information content (AvgIpc) is 3.37. The van der Waals surface area contributed by atoms with Gasteiger partial charge in [-0.05, 0) is 54.7 Å². The molecule has 0 aromatic carbocycles. The molecule has 0 spiro atoms. The van der Waals surface area contributed by atoms with Gasteiger partial charge in [-0.1, -0.05) is 19.1 Å². The number of hydrogen-bond donors (Lipinski definition) is 2. The van der Waals surface area contributed by atoms with Crippen molar-refractivity contribution < 1.29 is 9.59 Å². The molecule has 2 N–H and O–H groups in total.